The van der Waals surface area contributed by atoms with Crippen LogP contribution in [0.1, 0.15) is 16.7 Å². The number of nitrogens with zero attached hydrogens (tertiary/aromatic N) is 3. The number of para-hydroxylation sites is 1. The molecule has 1 fully saturated rings. The summed E-state index contributed by atoms with van der Waals surface area (Å²) in [6.07, 6.45) is 0. The maximum atomic E-state index is 13.7. The molecule has 5 heteroatoms. The van der Waals surface area contributed by atoms with E-state index in [0.717, 1.165) is 29.8 Å². The first-order chi connectivity index (χ1) is 16.0. The maximum absolute atomic E-state index is 13.7. The summed E-state index contributed by atoms with van der Waals surface area (Å²) in [5.74, 6) is -0.496. The highest BCUT2D eigenvalue weighted by Gasteiger charge is 2.43. The van der Waals surface area contributed by atoms with Crippen molar-refractivity contribution in [3.8, 4) is 0 Å². The topological polar surface area (TPSA) is 43.9 Å². The highest BCUT2D eigenvalue weighted by molar-refractivity contribution is 6.45. The molecular formula is C28H27N3O2. The molecule has 33 heavy (non-hydrogen) atoms. The number of carbonyl (C=O) groups excluding carboxylic acids is 2. The third-order valence-electron chi connectivity index (χ3n) is 6.38. The third-order valence-corrected chi connectivity index (χ3v) is 6.38. The van der Waals surface area contributed by atoms with Crippen LogP contribution >= 0.6 is 0 Å². The molecule has 166 valence electrons. The summed E-state index contributed by atoms with van der Waals surface area (Å²) in [5, 5.41) is 0. The summed E-state index contributed by atoms with van der Waals surface area (Å²) in [7, 11) is 0. The Balaban J connectivity index is 1.51. The summed E-state index contributed by atoms with van der Waals surface area (Å²) in [5.41, 5.74) is 5.72. The van der Waals surface area contributed by atoms with Crippen molar-refractivity contribution in [3.05, 3.63) is 101 Å². The first-order valence-electron chi connectivity index (χ1n) is 11.3. The zero-order valence-corrected chi connectivity index (χ0v) is 19.0. The van der Waals surface area contributed by atoms with Crippen LogP contribution in [0.3, 0.4) is 0 Å². The molecule has 5 rings (SSSR count). The van der Waals surface area contributed by atoms with E-state index in [1.54, 1.807) is 0 Å². The molecule has 0 unspecified atom stereocenters. The van der Waals surface area contributed by atoms with Gasteiger partial charge in [-0.05, 0) is 49.2 Å². The first-order valence-corrected chi connectivity index (χ1v) is 11.3. The fourth-order valence-electron chi connectivity index (χ4n) is 4.62. The zero-order valence-electron chi connectivity index (χ0n) is 19.0. The van der Waals surface area contributed by atoms with Crippen LogP contribution < -0.4 is 9.80 Å². The van der Waals surface area contributed by atoms with Gasteiger partial charge >= 0.3 is 0 Å². The van der Waals surface area contributed by atoms with Crippen molar-refractivity contribution in [1.29, 1.82) is 0 Å². The Morgan fingerprint density at radius 1 is 0.606 bits per heavy atom. The number of piperazine rings is 1. The molecule has 3 aromatic rings. The van der Waals surface area contributed by atoms with Crippen molar-refractivity contribution in [1.82, 2.24) is 4.90 Å². The van der Waals surface area contributed by atoms with Gasteiger partial charge in [0.05, 0.1) is 11.3 Å². The Morgan fingerprint density at radius 2 is 1.24 bits per heavy atom. The highest BCUT2D eigenvalue weighted by atomic mass is 16.2. The van der Waals surface area contributed by atoms with Gasteiger partial charge in [0.15, 0.2) is 0 Å². The van der Waals surface area contributed by atoms with E-state index in [1.807, 2.05) is 80.6 Å². The van der Waals surface area contributed by atoms with E-state index in [0.29, 0.717) is 30.0 Å². The lowest BCUT2D eigenvalue weighted by molar-refractivity contribution is -0.120. The van der Waals surface area contributed by atoms with E-state index < -0.39 is 0 Å². The predicted octanol–water partition coefficient (Wildman–Crippen LogP) is 4.41. The number of benzene rings is 3. The van der Waals surface area contributed by atoms with Gasteiger partial charge in [-0.25, -0.2) is 4.90 Å². The van der Waals surface area contributed by atoms with Gasteiger partial charge in [0.2, 0.25) is 0 Å². The van der Waals surface area contributed by atoms with Gasteiger partial charge in [0.25, 0.3) is 11.8 Å². The molecule has 0 spiro atoms. The maximum Gasteiger partial charge on any atom is 0.282 e. The van der Waals surface area contributed by atoms with Gasteiger partial charge in [0, 0.05) is 31.9 Å². The van der Waals surface area contributed by atoms with Crippen LogP contribution in [0.2, 0.25) is 0 Å². The van der Waals surface area contributed by atoms with Gasteiger partial charge in [-0.1, -0.05) is 60.2 Å². The molecule has 2 amide bonds. The largest absolute Gasteiger partial charge is 0.368 e. The monoisotopic (exact) mass is 437 g/mol. The van der Waals surface area contributed by atoms with E-state index in [2.05, 4.69) is 21.9 Å². The Hall–Kier alpha value is -3.86. The van der Waals surface area contributed by atoms with Crippen LogP contribution in [0, 0.1) is 13.8 Å². The third kappa shape index (κ3) is 3.91. The summed E-state index contributed by atoms with van der Waals surface area (Å²) in [4.78, 5) is 33.1. The normalized spacial score (nSPS) is 16.7. The lowest BCUT2D eigenvalue weighted by Crippen LogP contribution is -2.47. The number of anilines is 2. The Kier molecular flexibility index (Phi) is 5.47. The van der Waals surface area contributed by atoms with Crippen LogP contribution in [0.25, 0.3) is 5.57 Å². The van der Waals surface area contributed by atoms with Gasteiger partial charge in [0.1, 0.15) is 5.70 Å². The van der Waals surface area contributed by atoms with Gasteiger partial charge < -0.3 is 9.80 Å². The van der Waals surface area contributed by atoms with Crippen molar-refractivity contribution in [2.75, 3.05) is 36.0 Å². The molecule has 0 aliphatic carbocycles. The average Bonchev–Trinajstić information content (AvgIpc) is 3.10. The number of aryl methyl sites for hydroxylation is 2. The zero-order chi connectivity index (χ0) is 22.9. The Morgan fingerprint density at radius 3 is 1.91 bits per heavy atom. The van der Waals surface area contributed by atoms with Crippen molar-refractivity contribution < 1.29 is 9.59 Å². The molecule has 5 nitrogen and oxygen atoms in total. The van der Waals surface area contributed by atoms with Gasteiger partial charge in [-0.15, -0.1) is 0 Å². The molecular weight excluding hydrogens is 410 g/mol. The minimum Gasteiger partial charge on any atom is -0.368 e. The number of hydrogen-bond acceptors (Lipinski definition) is 4. The smallest absolute Gasteiger partial charge is 0.282 e. The average molecular weight is 438 g/mol. The Labute approximate surface area is 194 Å². The molecule has 0 bridgehead atoms. The van der Waals surface area contributed by atoms with Gasteiger partial charge in [-0.3, -0.25) is 9.59 Å². The molecule has 0 radical (unpaired) electrons. The van der Waals surface area contributed by atoms with Crippen LogP contribution in [-0.4, -0.2) is 42.9 Å². The molecule has 3 aromatic carbocycles. The van der Waals surface area contributed by atoms with Crippen LogP contribution in [0.4, 0.5) is 11.4 Å². The molecule has 1 saturated heterocycles. The lowest BCUT2D eigenvalue weighted by atomic mass is 10.0. The standard InChI is InChI=1S/C28H27N3O2/c1-20-11-13-22(14-12-20)25-26(28(33)31(27(25)32)24-10-6-7-21(2)19-24)30-17-15-29(16-18-30)23-8-4-3-5-9-23/h3-14,19H,15-18H2,1-2H3. The molecule has 0 N–H and O–H groups in total. The van der Waals surface area contributed by atoms with Crippen molar-refractivity contribution in [2.24, 2.45) is 0 Å². The van der Waals surface area contributed by atoms with Crippen molar-refractivity contribution >= 4 is 28.8 Å². The van der Waals surface area contributed by atoms with Crippen molar-refractivity contribution in [2.45, 2.75) is 13.8 Å². The van der Waals surface area contributed by atoms with E-state index in [-0.39, 0.29) is 11.8 Å². The Bertz CT molecular complexity index is 1220. The quantitative estimate of drug-likeness (QED) is 0.567. The predicted molar refractivity (Wildman–Crippen MR) is 132 cm³/mol. The molecule has 2 heterocycles. The summed E-state index contributed by atoms with van der Waals surface area (Å²) in [6.45, 7) is 6.93. The fourth-order valence-corrected chi connectivity index (χ4v) is 4.62. The molecule has 0 aromatic heterocycles. The summed E-state index contributed by atoms with van der Waals surface area (Å²) >= 11 is 0. The van der Waals surface area contributed by atoms with E-state index >= 15 is 0 Å². The molecule has 2 aliphatic rings. The van der Waals surface area contributed by atoms with Gasteiger partial charge in [-0.2, -0.15) is 0 Å². The van der Waals surface area contributed by atoms with E-state index in [4.69, 9.17) is 0 Å². The SMILES string of the molecule is Cc1ccc(C2=C(N3CCN(c4ccccc4)CC3)C(=O)N(c3cccc(C)c3)C2=O)cc1. The number of imide groups is 1. The number of hydrogen-bond donors (Lipinski definition) is 0. The second kappa shape index (κ2) is 8.58. The second-order valence-corrected chi connectivity index (χ2v) is 8.68. The summed E-state index contributed by atoms with van der Waals surface area (Å²) in [6, 6.07) is 25.7. The minimum absolute atomic E-state index is 0.241. The second-order valence-electron chi connectivity index (χ2n) is 8.68. The molecule has 0 atom stereocenters. The highest BCUT2D eigenvalue weighted by Crippen LogP contribution is 2.35. The lowest BCUT2D eigenvalue weighted by Gasteiger charge is -2.37. The minimum atomic E-state index is -0.255. The van der Waals surface area contributed by atoms with E-state index in [1.165, 1.54) is 10.6 Å². The van der Waals surface area contributed by atoms with Crippen LogP contribution in [0.5, 0.6) is 0 Å². The number of carbonyl (C=O) groups is 2. The number of rotatable bonds is 4. The molecule has 0 saturated carbocycles. The fraction of sp³-hybridized carbons (Fsp3) is 0.214. The van der Waals surface area contributed by atoms with Crippen LogP contribution in [0.15, 0.2) is 84.6 Å². The van der Waals surface area contributed by atoms with Crippen LogP contribution in [-0.2, 0) is 9.59 Å². The van der Waals surface area contributed by atoms with Crippen molar-refractivity contribution in [3.63, 3.8) is 0 Å². The van der Waals surface area contributed by atoms with E-state index in [9.17, 15) is 9.59 Å². The number of amides is 2. The summed E-state index contributed by atoms with van der Waals surface area (Å²) < 4.78 is 0. The first kappa shape index (κ1) is 21.0. The molecule has 2 aliphatic heterocycles.